The summed E-state index contributed by atoms with van der Waals surface area (Å²) in [5, 5.41) is 12.6. The molecule has 29 heavy (non-hydrogen) atoms. The van der Waals surface area contributed by atoms with Crippen molar-refractivity contribution in [1.29, 1.82) is 5.41 Å². The third-order valence-corrected chi connectivity index (χ3v) is 5.51. The van der Waals surface area contributed by atoms with Gasteiger partial charge in [-0.25, -0.2) is 13.6 Å². The van der Waals surface area contributed by atoms with Gasteiger partial charge in [0.05, 0.1) is 11.5 Å². The van der Waals surface area contributed by atoms with Crippen LogP contribution < -0.4 is 15.6 Å². The van der Waals surface area contributed by atoms with E-state index in [0.717, 1.165) is 34.4 Å². The van der Waals surface area contributed by atoms with E-state index in [0.29, 0.717) is 12.2 Å². The van der Waals surface area contributed by atoms with Crippen molar-refractivity contribution in [2.75, 3.05) is 6.61 Å². The zero-order valence-corrected chi connectivity index (χ0v) is 16.9. The van der Waals surface area contributed by atoms with Crippen LogP contribution in [0.4, 0.5) is 0 Å². The maximum atomic E-state index is 11.6. The van der Waals surface area contributed by atoms with Crippen LogP contribution in [-0.4, -0.2) is 20.9 Å². The molecule has 0 atom stereocenters. The molecule has 0 unspecified atom stereocenters. The number of rotatable bonds is 7. The molecule has 0 saturated heterocycles. The predicted octanol–water partition coefficient (Wildman–Crippen LogP) is 3.21. The van der Waals surface area contributed by atoms with Crippen molar-refractivity contribution in [3.63, 3.8) is 0 Å². The highest BCUT2D eigenvalue weighted by Gasteiger charge is 2.10. The van der Waals surface area contributed by atoms with Crippen LogP contribution in [0.2, 0.25) is 0 Å². The van der Waals surface area contributed by atoms with Crippen LogP contribution in [0.15, 0.2) is 71.6 Å². The fourth-order valence-corrected chi connectivity index (χ4v) is 3.59. The smallest absolute Gasteiger partial charge is 0.238 e. The lowest BCUT2D eigenvalue weighted by Gasteiger charge is -2.11. The number of nitrogens with two attached hydrogens (primary N) is 2. The molecule has 150 valence electrons. The maximum absolute atomic E-state index is 11.6. The normalized spacial score (nSPS) is 11.2. The Morgan fingerprint density at radius 2 is 1.76 bits per heavy atom. The first-order chi connectivity index (χ1) is 13.7. The first-order valence-corrected chi connectivity index (χ1v) is 10.6. The topological polar surface area (TPSA) is 119 Å². The minimum Gasteiger partial charge on any atom is -0.493 e. The van der Waals surface area contributed by atoms with E-state index in [1.165, 1.54) is 6.07 Å². The highest BCUT2D eigenvalue weighted by Crippen LogP contribution is 2.28. The van der Waals surface area contributed by atoms with Crippen molar-refractivity contribution in [3.8, 4) is 16.9 Å². The van der Waals surface area contributed by atoms with Crippen molar-refractivity contribution in [2.45, 2.75) is 18.2 Å². The van der Waals surface area contributed by atoms with Crippen molar-refractivity contribution in [2.24, 2.45) is 10.9 Å². The summed E-state index contributed by atoms with van der Waals surface area (Å²) in [6, 6.07) is 19.8. The average Bonchev–Trinajstić information content (AvgIpc) is 2.68. The lowest BCUT2D eigenvalue weighted by molar-refractivity contribution is 0.322. The number of aryl methyl sites for hydroxylation is 1. The molecule has 0 aliphatic carbocycles. The molecular formula is C22H23N3O3S. The van der Waals surface area contributed by atoms with E-state index in [-0.39, 0.29) is 10.7 Å². The van der Waals surface area contributed by atoms with Crippen LogP contribution in [0.5, 0.6) is 5.75 Å². The van der Waals surface area contributed by atoms with Gasteiger partial charge in [0.2, 0.25) is 10.0 Å². The second kappa shape index (κ2) is 8.46. The summed E-state index contributed by atoms with van der Waals surface area (Å²) in [4.78, 5) is 0.0884. The predicted molar refractivity (Wildman–Crippen MR) is 115 cm³/mol. The highest BCUT2D eigenvalue weighted by atomic mass is 32.2. The van der Waals surface area contributed by atoms with E-state index in [2.05, 4.69) is 0 Å². The lowest BCUT2D eigenvalue weighted by Crippen LogP contribution is -2.11. The van der Waals surface area contributed by atoms with Gasteiger partial charge in [0, 0.05) is 12.0 Å². The lowest BCUT2D eigenvalue weighted by atomic mass is 10.0. The molecule has 5 N–H and O–H groups in total. The summed E-state index contributed by atoms with van der Waals surface area (Å²) in [5.74, 6) is 0.798. The first kappa shape index (κ1) is 20.6. The average molecular weight is 410 g/mol. The third-order valence-electron chi connectivity index (χ3n) is 4.60. The third kappa shape index (κ3) is 5.22. The first-order valence-electron chi connectivity index (χ1n) is 9.04. The molecular weight excluding hydrogens is 386 g/mol. The molecule has 0 radical (unpaired) electrons. The van der Waals surface area contributed by atoms with Gasteiger partial charge in [-0.2, -0.15) is 0 Å². The van der Waals surface area contributed by atoms with Crippen LogP contribution in [0.25, 0.3) is 11.1 Å². The molecule has 0 bridgehead atoms. The Balaban J connectivity index is 1.67. The molecule has 3 rings (SSSR count). The number of nitrogen functional groups attached to an aromatic ring is 1. The standard InChI is InChI=1S/C22H23N3O3S/c1-15-13-19(28-12-11-16-5-7-17(8-6-16)22(23)24)9-10-21(15)18-3-2-4-20(14-18)29(25,26)27/h2-10,13-14H,11-12H2,1H3,(H3,23,24)(H2,25,26,27). The Kier molecular flexibility index (Phi) is 6.00. The molecule has 0 aliphatic heterocycles. The van der Waals surface area contributed by atoms with Gasteiger partial charge in [0.25, 0.3) is 0 Å². The molecule has 0 aromatic heterocycles. The molecule has 3 aromatic rings. The van der Waals surface area contributed by atoms with Gasteiger partial charge in [-0.3, -0.25) is 5.41 Å². The molecule has 0 heterocycles. The molecule has 0 spiro atoms. The number of hydrogen-bond acceptors (Lipinski definition) is 4. The van der Waals surface area contributed by atoms with Crippen LogP contribution in [0.3, 0.4) is 0 Å². The van der Waals surface area contributed by atoms with Gasteiger partial charge in [-0.05, 0) is 53.4 Å². The summed E-state index contributed by atoms with van der Waals surface area (Å²) in [7, 11) is -3.74. The number of nitrogens with one attached hydrogen (secondary N) is 1. The molecule has 0 saturated carbocycles. The summed E-state index contributed by atoms with van der Waals surface area (Å²) in [5.41, 5.74) is 9.94. The summed E-state index contributed by atoms with van der Waals surface area (Å²) in [6.07, 6.45) is 0.732. The Hall–Kier alpha value is -3.16. The van der Waals surface area contributed by atoms with Crippen molar-refractivity contribution in [3.05, 3.63) is 83.4 Å². The summed E-state index contributed by atoms with van der Waals surface area (Å²) in [6.45, 7) is 2.46. The molecule has 6 nitrogen and oxygen atoms in total. The van der Waals surface area contributed by atoms with E-state index in [4.69, 9.17) is 21.0 Å². The highest BCUT2D eigenvalue weighted by molar-refractivity contribution is 7.89. The second-order valence-corrected chi connectivity index (χ2v) is 8.32. The number of benzene rings is 3. The molecule has 0 aliphatic rings. The number of hydrogen-bond donors (Lipinski definition) is 3. The monoisotopic (exact) mass is 409 g/mol. The van der Waals surface area contributed by atoms with Crippen LogP contribution in [0.1, 0.15) is 16.7 Å². The van der Waals surface area contributed by atoms with E-state index < -0.39 is 10.0 Å². The Labute approximate surface area is 170 Å². The van der Waals surface area contributed by atoms with Crippen molar-refractivity contribution >= 4 is 15.9 Å². The van der Waals surface area contributed by atoms with Crippen LogP contribution in [0, 0.1) is 12.3 Å². The van der Waals surface area contributed by atoms with Crippen molar-refractivity contribution < 1.29 is 13.2 Å². The maximum Gasteiger partial charge on any atom is 0.238 e. The number of ether oxygens (including phenoxy) is 1. The number of sulfonamides is 1. The van der Waals surface area contributed by atoms with E-state index in [1.807, 2.05) is 55.5 Å². The molecule has 0 fully saturated rings. The number of amidine groups is 1. The van der Waals surface area contributed by atoms with Crippen LogP contribution in [-0.2, 0) is 16.4 Å². The van der Waals surface area contributed by atoms with E-state index in [1.54, 1.807) is 12.1 Å². The Morgan fingerprint density at radius 1 is 1.03 bits per heavy atom. The minimum absolute atomic E-state index is 0.0537. The quantitative estimate of drug-likeness (QED) is 0.410. The second-order valence-electron chi connectivity index (χ2n) is 6.76. The number of primary sulfonamides is 1. The zero-order chi connectivity index (χ0) is 21.0. The van der Waals surface area contributed by atoms with Gasteiger partial charge < -0.3 is 10.5 Å². The fourth-order valence-electron chi connectivity index (χ4n) is 3.03. The molecule has 0 amide bonds. The zero-order valence-electron chi connectivity index (χ0n) is 16.1. The van der Waals surface area contributed by atoms with Crippen LogP contribution >= 0.6 is 0 Å². The van der Waals surface area contributed by atoms with Gasteiger partial charge in [-0.1, -0.05) is 42.5 Å². The van der Waals surface area contributed by atoms with E-state index >= 15 is 0 Å². The summed E-state index contributed by atoms with van der Waals surface area (Å²) < 4.78 is 29.0. The van der Waals surface area contributed by atoms with Crippen molar-refractivity contribution in [1.82, 2.24) is 0 Å². The largest absolute Gasteiger partial charge is 0.493 e. The summed E-state index contributed by atoms with van der Waals surface area (Å²) >= 11 is 0. The van der Waals surface area contributed by atoms with Gasteiger partial charge in [-0.15, -0.1) is 0 Å². The van der Waals surface area contributed by atoms with E-state index in [9.17, 15) is 8.42 Å². The SMILES string of the molecule is Cc1cc(OCCc2ccc(C(=N)N)cc2)ccc1-c1cccc(S(N)(=O)=O)c1. The van der Waals surface area contributed by atoms with Gasteiger partial charge in [0.15, 0.2) is 0 Å². The molecule has 3 aromatic carbocycles. The Bertz CT molecular complexity index is 1140. The minimum atomic E-state index is -3.74. The van der Waals surface area contributed by atoms with Gasteiger partial charge in [0.1, 0.15) is 11.6 Å². The fraction of sp³-hybridized carbons (Fsp3) is 0.136. The Morgan fingerprint density at radius 3 is 2.38 bits per heavy atom. The molecule has 7 heteroatoms. The van der Waals surface area contributed by atoms with Gasteiger partial charge >= 0.3 is 0 Å².